The van der Waals surface area contributed by atoms with Crippen molar-refractivity contribution in [3.8, 4) is 0 Å². The van der Waals surface area contributed by atoms with Crippen molar-refractivity contribution in [3.63, 3.8) is 0 Å². The number of carbonyl (C=O) groups excluding carboxylic acids is 1. The highest BCUT2D eigenvalue weighted by Crippen LogP contribution is 2.30. The van der Waals surface area contributed by atoms with Crippen molar-refractivity contribution in [2.45, 2.75) is 31.5 Å². The molecule has 1 aliphatic rings. The average molecular weight is 351 g/mol. The number of rotatable bonds is 4. The molecular weight excluding hydrogens is 331 g/mol. The van der Waals surface area contributed by atoms with Crippen LogP contribution in [0.5, 0.6) is 0 Å². The summed E-state index contributed by atoms with van der Waals surface area (Å²) in [5.41, 5.74) is 0.514. The number of nitrogens with zero attached hydrogens (tertiary/aromatic N) is 3. The Hall–Kier alpha value is -1.92. The lowest BCUT2D eigenvalue weighted by Gasteiger charge is -2.39. The number of halogens is 2. The summed E-state index contributed by atoms with van der Waals surface area (Å²) in [6, 6.07) is 4.78. The normalized spacial score (nSPS) is 21.3. The first-order valence-corrected chi connectivity index (χ1v) is 8.26. The molecule has 0 spiro atoms. The number of aromatic nitrogens is 2. The Morgan fingerprint density at radius 1 is 1.42 bits per heavy atom. The summed E-state index contributed by atoms with van der Waals surface area (Å²) in [4.78, 5) is 18.2. The standard InChI is InChI=1S/C17H20ClFN4O/c1-22-9-8-20-17(22)16-13(6-7-14(24)23(16)2)21-10-11-4-3-5-12(18)15(11)19/h3-5,8-9,13,16,21H,6-7,10H2,1-2H3/t13-,16-/m1/s1. The van der Waals surface area contributed by atoms with E-state index in [4.69, 9.17) is 11.6 Å². The molecule has 0 radical (unpaired) electrons. The third-order valence-electron chi connectivity index (χ3n) is 4.57. The largest absolute Gasteiger partial charge is 0.336 e. The molecule has 2 atom stereocenters. The second kappa shape index (κ2) is 6.91. The molecule has 1 amide bonds. The zero-order valence-corrected chi connectivity index (χ0v) is 14.4. The smallest absolute Gasteiger partial charge is 0.223 e. The van der Waals surface area contributed by atoms with Gasteiger partial charge in [0.2, 0.25) is 5.91 Å². The quantitative estimate of drug-likeness (QED) is 0.922. The van der Waals surface area contributed by atoms with Gasteiger partial charge >= 0.3 is 0 Å². The fraction of sp³-hybridized carbons (Fsp3) is 0.412. The van der Waals surface area contributed by atoms with E-state index in [0.29, 0.717) is 24.9 Å². The van der Waals surface area contributed by atoms with Gasteiger partial charge in [-0.15, -0.1) is 0 Å². The van der Waals surface area contributed by atoms with Gasteiger partial charge in [-0.25, -0.2) is 9.37 Å². The molecule has 1 aromatic carbocycles. The zero-order valence-electron chi connectivity index (χ0n) is 13.7. The summed E-state index contributed by atoms with van der Waals surface area (Å²) in [5.74, 6) is 0.505. The number of piperidine rings is 1. The number of benzene rings is 1. The van der Waals surface area contributed by atoms with Gasteiger partial charge in [0.25, 0.3) is 0 Å². The molecule has 0 bridgehead atoms. The number of likely N-dealkylation sites (N-methyl/N-ethyl adjacent to an activating group) is 1. The summed E-state index contributed by atoms with van der Waals surface area (Å²) in [5, 5.41) is 3.49. The highest BCUT2D eigenvalue weighted by Gasteiger charge is 2.36. The van der Waals surface area contributed by atoms with Crippen LogP contribution in [0.3, 0.4) is 0 Å². The van der Waals surface area contributed by atoms with E-state index in [-0.39, 0.29) is 23.0 Å². The van der Waals surface area contributed by atoms with Crippen LogP contribution >= 0.6 is 11.6 Å². The van der Waals surface area contributed by atoms with E-state index in [1.807, 2.05) is 17.8 Å². The number of hydrogen-bond acceptors (Lipinski definition) is 3. The molecule has 2 heterocycles. The van der Waals surface area contributed by atoms with Gasteiger partial charge in [-0.1, -0.05) is 23.7 Å². The molecule has 3 rings (SSSR count). The van der Waals surface area contributed by atoms with E-state index in [9.17, 15) is 9.18 Å². The van der Waals surface area contributed by atoms with Gasteiger partial charge in [-0.05, 0) is 12.5 Å². The molecule has 2 aromatic rings. The topological polar surface area (TPSA) is 50.2 Å². The SMILES string of the molecule is CN1C(=O)CC[C@@H](NCc2cccc(Cl)c2F)[C@@H]1c1nccn1C. The number of likely N-dealkylation sites (tertiary alicyclic amines) is 1. The van der Waals surface area contributed by atoms with E-state index in [2.05, 4.69) is 10.3 Å². The van der Waals surface area contributed by atoms with E-state index >= 15 is 0 Å². The van der Waals surface area contributed by atoms with Gasteiger partial charge in [-0.2, -0.15) is 0 Å². The first-order valence-electron chi connectivity index (χ1n) is 7.88. The number of hydrogen-bond donors (Lipinski definition) is 1. The second-order valence-electron chi connectivity index (χ2n) is 6.08. The van der Waals surface area contributed by atoms with Crippen molar-refractivity contribution in [3.05, 3.63) is 52.8 Å². The van der Waals surface area contributed by atoms with E-state index in [1.165, 1.54) is 6.07 Å². The van der Waals surface area contributed by atoms with Gasteiger partial charge in [0.05, 0.1) is 5.02 Å². The third kappa shape index (κ3) is 3.16. The molecule has 0 aliphatic carbocycles. The maximum absolute atomic E-state index is 14.1. The molecule has 1 saturated heterocycles. The minimum absolute atomic E-state index is 0.00724. The zero-order chi connectivity index (χ0) is 17.3. The van der Waals surface area contributed by atoms with Gasteiger partial charge < -0.3 is 14.8 Å². The van der Waals surface area contributed by atoms with Crippen molar-refractivity contribution < 1.29 is 9.18 Å². The van der Waals surface area contributed by atoms with Crippen LogP contribution in [0.4, 0.5) is 4.39 Å². The fourth-order valence-electron chi connectivity index (χ4n) is 3.19. The molecular formula is C17H20ClFN4O. The highest BCUT2D eigenvalue weighted by atomic mass is 35.5. The van der Waals surface area contributed by atoms with Crippen molar-refractivity contribution in [2.24, 2.45) is 7.05 Å². The van der Waals surface area contributed by atoms with Crippen molar-refractivity contribution >= 4 is 17.5 Å². The van der Waals surface area contributed by atoms with Crippen LogP contribution in [0, 0.1) is 5.82 Å². The van der Waals surface area contributed by atoms with Crippen molar-refractivity contribution in [1.82, 2.24) is 19.8 Å². The Labute approximate surface area is 145 Å². The Morgan fingerprint density at radius 3 is 2.92 bits per heavy atom. The van der Waals surface area contributed by atoms with Crippen LogP contribution in [0.25, 0.3) is 0 Å². The molecule has 0 unspecified atom stereocenters. The van der Waals surface area contributed by atoms with Crippen LogP contribution in [-0.4, -0.2) is 33.4 Å². The van der Waals surface area contributed by atoms with Gasteiger partial charge in [0.1, 0.15) is 17.7 Å². The molecule has 1 aliphatic heterocycles. The van der Waals surface area contributed by atoms with Gasteiger partial charge in [0, 0.05) is 51.1 Å². The average Bonchev–Trinajstić information content (AvgIpc) is 2.98. The summed E-state index contributed by atoms with van der Waals surface area (Å²) in [7, 11) is 3.69. The molecule has 1 N–H and O–H groups in total. The van der Waals surface area contributed by atoms with E-state index < -0.39 is 5.82 Å². The lowest BCUT2D eigenvalue weighted by molar-refractivity contribution is -0.136. The van der Waals surface area contributed by atoms with Crippen molar-refractivity contribution in [1.29, 1.82) is 0 Å². The number of amides is 1. The Morgan fingerprint density at radius 2 is 2.21 bits per heavy atom. The minimum Gasteiger partial charge on any atom is -0.336 e. The van der Waals surface area contributed by atoms with Crippen LogP contribution < -0.4 is 5.32 Å². The van der Waals surface area contributed by atoms with E-state index in [1.54, 1.807) is 30.3 Å². The predicted octanol–water partition coefficient (Wildman–Crippen LogP) is 2.66. The summed E-state index contributed by atoms with van der Waals surface area (Å²) in [6.45, 7) is 0.347. The molecule has 1 fully saturated rings. The number of nitrogens with one attached hydrogen (secondary N) is 1. The Kier molecular flexibility index (Phi) is 4.87. The van der Waals surface area contributed by atoms with Crippen LogP contribution in [-0.2, 0) is 18.4 Å². The van der Waals surface area contributed by atoms with Crippen LogP contribution in [0.15, 0.2) is 30.6 Å². The molecule has 128 valence electrons. The molecule has 1 aromatic heterocycles. The predicted molar refractivity (Wildman–Crippen MR) is 90.0 cm³/mol. The van der Waals surface area contributed by atoms with Crippen molar-refractivity contribution in [2.75, 3.05) is 7.05 Å². The number of imidazole rings is 1. The lowest BCUT2D eigenvalue weighted by Crippen LogP contribution is -2.49. The molecule has 7 heteroatoms. The maximum atomic E-state index is 14.1. The Balaban J connectivity index is 1.81. The maximum Gasteiger partial charge on any atom is 0.223 e. The number of aryl methyl sites for hydroxylation is 1. The minimum atomic E-state index is -0.402. The van der Waals surface area contributed by atoms with Crippen LogP contribution in [0.1, 0.15) is 30.3 Å². The highest BCUT2D eigenvalue weighted by molar-refractivity contribution is 6.30. The number of carbonyl (C=O) groups is 1. The summed E-state index contributed by atoms with van der Waals surface area (Å²) < 4.78 is 16.0. The molecule has 24 heavy (non-hydrogen) atoms. The van der Waals surface area contributed by atoms with Gasteiger partial charge in [0.15, 0.2) is 0 Å². The monoisotopic (exact) mass is 350 g/mol. The summed E-state index contributed by atoms with van der Waals surface area (Å²) in [6.07, 6.45) is 4.72. The molecule has 5 nitrogen and oxygen atoms in total. The summed E-state index contributed by atoms with van der Waals surface area (Å²) >= 11 is 5.84. The fourth-order valence-corrected chi connectivity index (χ4v) is 3.39. The van der Waals surface area contributed by atoms with E-state index in [0.717, 1.165) is 5.82 Å². The third-order valence-corrected chi connectivity index (χ3v) is 4.86. The van der Waals surface area contributed by atoms with Crippen LogP contribution in [0.2, 0.25) is 5.02 Å². The Bertz CT molecular complexity index is 748. The first-order chi connectivity index (χ1) is 11.5. The first kappa shape index (κ1) is 16.9. The molecule has 0 saturated carbocycles. The van der Waals surface area contributed by atoms with Gasteiger partial charge in [-0.3, -0.25) is 4.79 Å². The lowest BCUT2D eigenvalue weighted by atomic mass is 9.95. The second-order valence-corrected chi connectivity index (χ2v) is 6.49.